The van der Waals surface area contributed by atoms with Gasteiger partial charge in [0.15, 0.2) is 0 Å². The number of methoxy groups -OCH3 is 1. The molecule has 5 heteroatoms. The molecule has 0 aromatic heterocycles. The van der Waals surface area contributed by atoms with Gasteiger partial charge in [-0.25, -0.2) is 0 Å². The van der Waals surface area contributed by atoms with Gasteiger partial charge in [0.1, 0.15) is 0 Å². The molecule has 1 aromatic carbocycles. The van der Waals surface area contributed by atoms with Gasteiger partial charge in [-0.2, -0.15) is 0 Å². The number of benzene rings is 1. The number of nitro benzene ring substituents is 1. The molecule has 0 heterocycles. The molecule has 0 fully saturated rings. The van der Waals surface area contributed by atoms with Gasteiger partial charge in [-0.1, -0.05) is 12.2 Å². The van der Waals surface area contributed by atoms with E-state index in [0.29, 0.717) is 12.5 Å². The van der Waals surface area contributed by atoms with E-state index in [1.54, 1.807) is 19.2 Å². The van der Waals surface area contributed by atoms with Crippen LogP contribution in [0.1, 0.15) is 24.8 Å². The number of non-ortho nitro benzene ring substituents is 1. The van der Waals surface area contributed by atoms with E-state index in [4.69, 9.17) is 4.74 Å². The van der Waals surface area contributed by atoms with E-state index in [1.807, 2.05) is 13.1 Å². The van der Waals surface area contributed by atoms with Crippen molar-refractivity contribution in [1.29, 1.82) is 0 Å². The molecular formula is C16H22N2O3. The van der Waals surface area contributed by atoms with Crippen LogP contribution < -0.4 is 4.90 Å². The summed E-state index contributed by atoms with van der Waals surface area (Å²) in [4.78, 5) is 12.7. The maximum Gasteiger partial charge on any atom is 0.269 e. The van der Waals surface area contributed by atoms with Crippen LogP contribution in [-0.4, -0.2) is 25.6 Å². The third-order valence-corrected chi connectivity index (χ3v) is 3.89. The molecule has 0 saturated carbocycles. The van der Waals surface area contributed by atoms with E-state index < -0.39 is 0 Å². The van der Waals surface area contributed by atoms with Gasteiger partial charge in [0, 0.05) is 44.1 Å². The summed E-state index contributed by atoms with van der Waals surface area (Å²) in [6.07, 6.45) is 7.93. The van der Waals surface area contributed by atoms with Crippen LogP contribution in [0, 0.1) is 16.0 Å². The molecule has 0 N–H and O–H groups in total. The van der Waals surface area contributed by atoms with Gasteiger partial charge in [0.2, 0.25) is 0 Å². The second-order valence-corrected chi connectivity index (χ2v) is 5.53. The molecule has 5 nitrogen and oxygen atoms in total. The van der Waals surface area contributed by atoms with Gasteiger partial charge in [-0.05, 0) is 31.2 Å². The number of nitrogens with zero attached hydrogens (tertiary/aromatic N) is 2. The molecule has 1 unspecified atom stereocenters. The summed E-state index contributed by atoms with van der Waals surface area (Å²) >= 11 is 0. The van der Waals surface area contributed by atoms with Crippen molar-refractivity contribution < 1.29 is 9.66 Å². The molecule has 0 aliphatic heterocycles. The van der Waals surface area contributed by atoms with Gasteiger partial charge in [0.25, 0.3) is 5.69 Å². The Bertz CT molecular complexity index is 528. The zero-order chi connectivity index (χ0) is 15.2. The SMILES string of the molecule is COCc1cc([N+](=O)[O-])ccc1N(C)CC1CC=CCC1. The van der Waals surface area contributed by atoms with E-state index in [1.165, 1.54) is 6.42 Å². The molecule has 0 radical (unpaired) electrons. The molecule has 0 spiro atoms. The van der Waals surface area contributed by atoms with Gasteiger partial charge in [0.05, 0.1) is 11.5 Å². The average molecular weight is 290 g/mol. The first-order valence-corrected chi connectivity index (χ1v) is 7.24. The number of hydrogen-bond donors (Lipinski definition) is 0. The predicted molar refractivity (Wildman–Crippen MR) is 83.6 cm³/mol. The molecule has 114 valence electrons. The van der Waals surface area contributed by atoms with Crippen LogP contribution in [0.3, 0.4) is 0 Å². The highest BCUT2D eigenvalue weighted by molar-refractivity contribution is 5.57. The summed E-state index contributed by atoms with van der Waals surface area (Å²) < 4.78 is 5.18. The van der Waals surface area contributed by atoms with Gasteiger partial charge in [-0.15, -0.1) is 0 Å². The van der Waals surface area contributed by atoms with E-state index in [-0.39, 0.29) is 10.6 Å². The highest BCUT2D eigenvalue weighted by Crippen LogP contribution is 2.28. The standard InChI is InChI=1S/C16H22N2O3/c1-17(11-13-6-4-3-5-7-13)16-9-8-15(18(19)20)10-14(16)12-21-2/h3-4,8-10,13H,5-7,11-12H2,1-2H3. The molecule has 0 amide bonds. The number of hydrogen-bond acceptors (Lipinski definition) is 4. The van der Waals surface area contributed by atoms with Crippen LogP contribution in [0.2, 0.25) is 0 Å². The highest BCUT2D eigenvalue weighted by Gasteiger charge is 2.17. The zero-order valence-corrected chi connectivity index (χ0v) is 12.6. The molecule has 0 saturated heterocycles. The van der Waals surface area contributed by atoms with Crippen LogP contribution in [0.25, 0.3) is 0 Å². The fraction of sp³-hybridized carbons (Fsp3) is 0.500. The van der Waals surface area contributed by atoms with E-state index in [9.17, 15) is 10.1 Å². The Labute approximate surface area is 125 Å². The summed E-state index contributed by atoms with van der Waals surface area (Å²) in [6.45, 7) is 1.34. The quantitative estimate of drug-likeness (QED) is 0.457. The Morgan fingerprint density at radius 2 is 2.24 bits per heavy atom. The Hall–Kier alpha value is -1.88. The van der Waals surface area contributed by atoms with Crippen molar-refractivity contribution in [3.8, 4) is 0 Å². The summed E-state index contributed by atoms with van der Waals surface area (Å²) in [5.74, 6) is 0.644. The Morgan fingerprint density at radius 3 is 2.86 bits per heavy atom. The van der Waals surface area contributed by atoms with Crippen molar-refractivity contribution in [1.82, 2.24) is 0 Å². The largest absolute Gasteiger partial charge is 0.380 e. The van der Waals surface area contributed by atoms with Crippen LogP contribution in [0.4, 0.5) is 11.4 Å². The van der Waals surface area contributed by atoms with E-state index in [0.717, 1.165) is 30.6 Å². The summed E-state index contributed by atoms with van der Waals surface area (Å²) in [6, 6.07) is 4.99. The van der Waals surface area contributed by atoms with Crippen molar-refractivity contribution in [2.24, 2.45) is 5.92 Å². The molecule has 1 atom stereocenters. The maximum absolute atomic E-state index is 10.9. The number of nitro groups is 1. The number of ether oxygens (including phenoxy) is 1. The molecular weight excluding hydrogens is 268 g/mol. The van der Waals surface area contributed by atoms with Crippen molar-refractivity contribution >= 4 is 11.4 Å². The topological polar surface area (TPSA) is 55.6 Å². The monoisotopic (exact) mass is 290 g/mol. The lowest BCUT2D eigenvalue weighted by Crippen LogP contribution is -2.27. The first-order chi connectivity index (χ1) is 10.1. The summed E-state index contributed by atoms with van der Waals surface area (Å²) in [7, 11) is 3.65. The summed E-state index contributed by atoms with van der Waals surface area (Å²) in [5.41, 5.74) is 1.98. The third kappa shape index (κ3) is 4.04. The number of rotatable bonds is 6. The van der Waals surface area contributed by atoms with Crippen LogP contribution in [-0.2, 0) is 11.3 Å². The molecule has 21 heavy (non-hydrogen) atoms. The number of allylic oxidation sites excluding steroid dienone is 2. The lowest BCUT2D eigenvalue weighted by atomic mass is 9.94. The van der Waals surface area contributed by atoms with E-state index >= 15 is 0 Å². The second kappa shape index (κ2) is 7.22. The van der Waals surface area contributed by atoms with Crippen molar-refractivity contribution in [2.45, 2.75) is 25.9 Å². The Kier molecular flexibility index (Phi) is 5.33. The van der Waals surface area contributed by atoms with Crippen molar-refractivity contribution in [2.75, 3.05) is 25.6 Å². The Balaban J connectivity index is 2.16. The molecule has 2 rings (SSSR count). The fourth-order valence-corrected chi connectivity index (χ4v) is 2.84. The Morgan fingerprint density at radius 1 is 1.43 bits per heavy atom. The minimum Gasteiger partial charge on any atom is -0.380 e. The van der Waals surface area contributed by atoms with Crippen LogP contribution in [0.5, 0.6) is 0 Å². The van der Waals surface area contributed by atoms with Crippen LogP contribution in [0.15, 0.2) is 30.4 Å². The lowest BCUT2D eigenvalue weighted by molar-refractivity contribution is -0.384. The van der Waals surface area contributed by atoms with Crippen LogP contribution >= 0.6 is 0 Å². The predicted octanol–water partition coefficient (Wildman–Crippen LogP) is 3.53. The van der Waals surface area contributed by atoms with Gasteiger partial charge in [-0.3, -0.25) is 10.1 Å². The van der Waals surface area contributed by atoms with Gasteiger partial charge >= 0.3 is 0 Å². The smallest absolute Gasteiger partial charge is 0.269 e. The number of anilines is 1. The third-order valence-electron chi connectivity index (χ3n) is 3.89. The van der Waals surface area contributed by atoms with E-state index in [2.05, 4.69) is 17.1 Å². The molecule has 1 aliphatic rings. The molecule has 1 aromatic rings. The van der Waals surface area contributed by atoms with Crippen molar-refractivity contribution in [3.63, 3.8) is 0 Å². The second-order valence-electron chi connectivity index (χ2n) is 5.53. The lowest BCUT2D eigenvalue weighted by Gasteiger charge is -2.28. The highest BCUT2D eigenvalue weighted by atomic mass is 16.6. The zero-order valence-electron chi connectivity index (χ0n) is 12.6. The average Bonchev–Trinajstić information content (AvgIpc) is 2.48. The molecule has 0 bridgehead atoms. The maximum atomic E-state index is 10.9. The first-order valence-electron chi connectivity index (χ1n) is 7.24. The van der Waals surface area contributed by atoms with Crippen molar-refractivity contribution in [3.05, 3.63) is 46.0 Å². The molecule has 1 aliphatic carbocycles. The van der Waals surface area contributed by atoms with Gasteiger partial charge < -0.3 is 9.64 Å². The first kappa shape index (κ1) is 15.5. The normalized spacial score (nSPS) is 17.7. The summed E-state index contributed by atoms with van der Waals surface area (Å²) in [5, 5.41) is 10.9. The fourth-order valence-electron chi connectivity index (χ4n) is 2.84. The minimum atomic E-state index is -0.366. The minimum absolute atomic E-state index is 0.111.